The molecule has 0 bridgehead atoms. The second kappa shape index (κ2) is 10.4. The lowest BCUT2D eigenvalue weighted by Crippen LogP contribution is -2.09. The minimum atomic E-state index is -0.154. The zero-order valence-electron chi connectivity index (χ0n) is 19.6. The van der Waals surface area contributed by atoms with Crippen molar-refractivity contribution in [1.82, 2.24) is 0 Å². The van der Waals surface area contributed by atoms with Crippen LogP contribution in [0.25, 0.3) is 0 Å². The number of ether oxygens (including phenoxy) is 5. The average Bonchev–Trinajstić information content (AvgIpc) is 2.61. The van der Waals surface area contributed by atoms with Crippen molar-refractivity contribution in [3.8, 4) is 46.0 Å². The van der Waals surface area contributed by atoms with Crippen LogP contribution in [0, 0.1) is 0 Å². The molecule has 0 aliphatic carbocycles. The van der Waals surface area contributed by atoms with Crippen molar-refractivity contribution in [1.29, 1.82) is 0 Å². The van der Waals surface area contributed by atoms with Gasteiger partial charge in [-0.3, -0.25) is 0 Å². The van der Waals surface area contributed by atoms with Crippen LogP contribution < -0.4 is 23.7 Å². The molecule has 0 amide bonds. The quantitative estimate of drug-likeness (QED) is 0.471. The van der Waals surface area contributed by atoms with E-state index in [1.165, 1.54) is 0 Å². The van der Waals surface area contributed by atoms with Crippen LogP contribution in [0.5, 0.6) is 46.0 Å². The van der Waals surface area contributed by atoms with Crippen molar-refractivity contribution in [3.63, 3.8) is 0 Å². The summed E-state index contributed by atoms with van der Waals surface area (Å²) in [6, 6.07) is 6.34. The fraction of sp³-hybridized carbons (Fsp3) is 0.500. The Hall–Kier alpha value is -2.96. The third-order valence-electron chi connectivity index (χ3n) is 3.71. The molecule has 0 aliphatic heterocycles. The van der Waals surface area contributed by atoms with Crippen molar-refractivity contribution in [2.24, 2.45) is 0 Å². The standard InChI is InChI=1S/C24H34O7/c1-13(2)27-19-9-17(10-20(23(19)25)28-14(3)4)31-18-11-21(29-15(5)6)24(26)22(12-18)30-16(7)8/h9-16,25-26H,1-8H3. The highest BCUT2D eigenvalue weighted by Gasteiger charge is 2.19. The first-order chi connectivity index (χ1) is 14.5. The third-order valence-corrected chi connectivity index (χ3v) is 3.71. The molecule has 0 radical (unpaired) electrons. The molecule has 7 nitrogen and oxygen atoms in total. The molecule has 2 aromatic rings. The molecule has 0 saturated heterocycles. The molecule has 2 aromatic carbocycles. The maximum absolute atomic E-state index is 10.5. The Labute approximate surface area is 184 Å². The third kappa shape index (κ3) is 7.05. The number of rotatable bonds is 10. The summed E-state index contributed by atoms with van der Waals surface area (Å²) in [6.07, 6.45) is -0.616. The van der Waals surface area contributed by atoms with Crippen molar-refractivity contribution >= 4 is 0 Å². The van der Waals surface area contributed by atoms with Gasteiger partial charge in [0.15, 0.2) is 23.0 Å². The van der Waals surface area contributed by atoms with Crippen molar-refractivity contribution in [2.75, 3.05) is 0 Å². The number of phenolic OH excluding ortho intramolecular Hbond substituents is 2. The van der Waals surface area contributed by atoms with Crippen LogP contribution in [0.3, 0.4) is 0 Å². The molecule has 172 valence electrons. The van der Waals surface area contributed by atoms with E-state index in [9.17, 15) is 10.2 Å². The minimum Gasteiger partial charge on any atom is -0.502 e. The fourth-order valence-electron chi connectivity index (χ4n) is 2.75. The highest BCUT2D eigenvalue weighted by atomic mass is 16.5. The molecule has 0 fully saturated rings. The van der Waals surface area contributed by atoms with Crippen LogP contribution >= 0.6 is 0 Å². The van der Waals surface area contributed by atoms with E-state index in [2.05, 4.69) is 0 Å². The van der Waals surface area contributed by atoms with Gasteiger partial charge in [0.1, 0.15) is 11.5 Å². The number of hydrogen-bond acceptors (Lipinski definition) is 7. The van der Waals surface area contributed by atoms with Crippen LogP contribution in [0.2, 0.25) is 0 Å². The van der Waals surface area contributed by atoms with E-state index in [0.29, 0.717) is 11.5 Å². The monoisotopic (exact) mass is 434 g/mol. The van der Waals surface area contributed by atoms with Gasteiger partial charge in [-0.2, -0.15) is 0 Å². The zero-order valence-corrected chi connectivity index (χ0v) is 19.6. The predicted molar refractivity (Wildman–Crippen MR) is 119 cm³/mol. The second-order valence-electron chi connectivity index (χ2n) is 8.30. The van der Waals surface area contributed by atoms with Crippen molar-refractivity contribution in [2.45, 2.75) is 79.8 Å². The summed E-state index contributed by atoms with van der Waals surface area (Å²) < 4.78 is 28.9. The van der Waals surface area contributed by atoms with E-state index in [1.54, 1.807) is 24.3 Å². The maximum Gasteiger partial charge on any atom is 0.201 e. The molecule has 0 atom stereocenters. The van der Waals surface area contributed by atoms with Gasteiger partial charge in [0.25, 0.3) is 0 Å². The lowest BCUT2D eigenvalue weighted by molar-refractivity contribution is 0.208. The number of benzene rings is 2. The van der Waals surface area contributed by atoms with Crippen LogP contribution in [-0.2, 0) is 0 Å². The first-order valence-electron chi connectivity index (χ1n) is 10.5. The number of hydrogen-bond donors (Lipinski definition) is 2. The van der Waals surface area contributed by atoms with Gasteiger partial charge < -0.3 is 33.9 Å². The van der Waals surface area contributed by atoms with E-state index in [4.69, 9.17) is 23.7 Å². The van der Waals surface area contributed by atoms with Gasteiger partial charge >= 0.3 is 0 Å². The van der Waals surface area contributed by atoms with E-state index in [-0.39, 0.29) is 58.9 Å². The molecule has 0 aromatic heterocycles. The first kappa shape index (κ1) is 24.3. The lowest BCUT2D eigenvalue weighted by atomic mass is 10.2. The summed E-state index contributed by atoms with van der Waals surface area (Å²) in [5, 5.41) is 21.0. The average molecular weight is 435 g/mol. The molecule has 0 aliphatic rings. The van der Waals surface area contributed by atoms with E-state index in [1.807, 2.05) is 55.4 Å². The second-order valence-corrected chi connectivity index (χ2v) is 8.30. The van der Waals surface area contributed by atoms with Gasteiger partial charge in [0.2, 0.25) is 11.5 Å². The predicted octanol–water partition coefficient (Wildman–Crippen LogP) is 6.04. The highest BCUT2D eigenvalue weighted by molar-refractivity contribution is 5.58. The molecule has 0 spiro atoms. The van der Waals surface area contributed by atoms with Crippen LogP contribution in [-0.4, -0.2) is 34.6 Å². The highest BCUT2D eigenvalue weighted by Crippen LogP contribution is 2.45. The summed E-state index contributed by atoms with van der Waals surface area (Å²) >= 11 is 0. The summed E-state index contributed by atoms with van der Waals surface area (Å²) in [5.74, 6) is 1.60. The van der Waals surface area contributed by atoms with Crippen LogP contribution in [0.4, 0.5) is 0 Å². The topological polar surface area (TPSA) is 86.6 Å². The molecule has 2 rings (SSSR count). The lowest BCUT2D eigenvalue weighted by Gasteiger charge is -2.20. The van der Waals surface area contributed by atoms with Crippen molar-refractivity contribution in [3.05, 3.63) is 24.3 Å². The van der Waals surface area contributed by atoms with Crippen molar-refractivity contribution < 1.29 is 33.9 Å². The fourth-order valence-corrected chi connectivity index (χ4v) is 2.75. The minimum absolute atomic E-state index is 0.0897. The Morgan fingerprint density at radius 3 is 0.903 bits per heavy atom. The first-order valence-corrected chi connectivity index (χ1v) is 10.5. The van der Waals surface area contributed by atoms with Gasteiger partial charge in [-0.15, -0.1) is 0 Å². The Morgan fingerprint density at radius 2 is 0.710 bits per heavy atom. The van der Waals surface area contributed by atoms with Crippen LogP contribution in [0.1, 0.15) is 55.4 Å². The largest absolute Gasteiger partial charge is 0.502 e. The summed E-state index contributed by atoms with van der Waals surface area (Å²) in [6.45, 7) is 14.9. The smallest absolute Gasteiger partial charge is 0.201 e. The molecule has 7 heteroatoms. The Balaban J connectivity index is 2.49. The summed E-state index contributed by atoms with van der Waals surface area (Å²) in [5.41, 5.74) is 0. The zero-order chi connectivity index (χ0) is 23.3. The molecule has 0 saturated carbocycles. The Kier molecular flexibility index (Phi) is 8.14. The molecule has 31 heavy (non-hydrogen) atoms. The Bertz CT molecular complexity index is 739. The molecule has 2 N–H and O–H groups in total. The number of aromatic hydroxyl groups is 2. The summed E-state index contributed by atoms with van der Waals surface area (Å²) in [7, 11) is 0. The maximum atomic E-state index is 10.5. The van der Waals surface area contributed by atoms with Gasteiger partial charge in [-0.05, 0) is 55.4 Å². The van der Waals surface area contributed by atoms with Crippen LogP contribution in [0.15, 0.2) is 24.3 Å². The molecular formula is C24H34O7. The van der Waals surface area contributed by atoms with Gasteiger partial charge in [-0.25, -0.2) is 0 Å². The normalized spacial score (nSPS) is 11.4. The molecule has 0 unspecified atom stereocenters. The summed E-state index contributed by atoms with van der Waals surface area (Å²) in [4.78, 5) is 0. The van der Waals surface area contributed by atoms with Gasteiger partial charge in [0.05, 0.1) is 24.4 Å². The SMILES string of the molecule is CC(C)Oc1cc(Oc2cc(OC(C)C)c(O)c(OC(C)C)c2)cc(OC(C)C)c1O. The van der Waals surface area contributed by atoms with Gasteiger partial charge in [-0.1, -0.05) is 0 Å². The number of phenols is 2. The Morgan fingerprint density at radius 1 is 0.484 bits per heavy atom. The van der Waals surface area contributed by atoms with E-state index >= 15 is 0 Å². The molecule has 0 heterocycles. The van der Waals surface area contributed by atoms with E-state index < -0.39 is 0 Å². The molecular weight excluding hydrogens is 400 g/mol. The van der Waals surface area contributed by atoms with Gasteiger partial charge in [0, 0.05) is 24.3 Å². The van der Waals surface area contributed by atoms with E-state index in [0.717, 1.165) is 0 Å².